The number of hydrogen-bond acceptors (Lipinski definition) is 2. The fourth-order valence-corrected chi connectivity index (χ4v) is 2.54. The molecular weight excluding hydrogens is 234 g/mol. The first-order valence-corrected chi connectivity index (χ1v) is 6.16. The Morgan fingerprint density at radius 2 is 1.82 bits per heavy atom. The van der Waals surface area contributed by atoms with Gasteiger partial charge in [0.2, 0.25) is 0 Å². The predicted octanol–water partition coefficient (Wildman–Crippen LogP) is 2.79. The van der Waals surface area contributed by atoms with Crippen LogP contribution in [0.3, 0.4) is 0 Å². The van der Waals surface area contributed by atoms with Crippen LogP contribution in [0.5, 0.6) is 0 Å². The van der Waals surface area contributed by atoms with E-state index in [1.54, 1.807) is 0 Å². The molecule has 1 amide bonds. The molecule has 0 saturated carbocycles. The number of benzene rings is 1. The van der Waals surface area contributed by atoms with Crippen molar-refractivity contribution in [2.24, 2.45) is 5.92 Å². The fraction of sp³-hybridized carbons (Fsp3) is 0.385. The summed E-state index contributed by atoms with van der Waals surface area (Å²) in [5.41, 5.74) is 1.09. The Labute approximate surface area is 106 Å². The van der Waals surface area contributed by atoms with Crippen LogP contribution in [0.1, 0.15) is 18.4 Å². The SMILES string of the molecule is O=C(O)N1CCC(C(=S)c2ccccc2)CC1. The van der Waals surface area contributed by atoms with Crippen molar-refractivity contribution in [1.29, 1.82) is 0 Å². The monoisotopic (exact) mass is 249 g/mol. The molecule has 1 aliphatic rings. The predicted molar refractivity (Wildman–Crippen MR) is 70.5 cm³/mol. The van der Waals surface area contributed by atoms with Gasteiger partial charge in [0.15, 0.2) is 0 Å². The number of thiocarbonyl (C=S) groups is 1. The molecule has 1 N–H and O–H groups in total. The molecule has 0 aliphatic carbocycles. The first kappa shape index (κ1) is 12.0. The summed E-state index contributed by atoms with van der Waals surface area (Å²) >= 11 is 5.48. The summed E-state index contributed by atoms with van der Waals surface area (Å²) in [5.74, 6) is 0.336. The van der Waals surface area contributed by atoms with Gasteiger partial charge in [0.1, 0.15) is 0 Å². The summed E-state index contributed by atoms with van der Waals surface area (Å²) in [4.78, 5) is 13.2. The lowest BCUT2D eigenvalue weighted by Crippen LogP contribution is -2.39. The average Bonchev–Trinajstić information content (AvgIpc) is 2.39. The van der Waals surface area contributed by atoms with E-state index in [0.717, 1.165) is 23.3 Å². The summed E-state index contributed by atoms with van der Waals surface area (Å²) in [7, 11) is 0. The second-order valence-electron chi connectivity index (χ2n) is 4.27. The van der Waals surface area contributed by atoms with Gasteiger partial charge in [0, 0.05) is 18.0 Å². The first-order chi connectivity index (χ1) is 8.18. The zero-order valence-electron chi connectivity index (χ0n) is 9.50. The topological polar surface area (TPSA) is 40.5 Å². The van der Waals surface area contributed by atoms with Gasteiger partial charge in [-0.05, 0) is 24.3 Å². The van der Waals surface area contributed by atoms with Crippen molar-refractivity contribution < 1.29 is 9.90 Å². The van der Waals surface area contributed by atoms with Crippen molar-refractivity contribution in [3.8, 4) is 0 Å². The third kappa shape index (κ3) is 2.82. The Hall–Kier alpha value is -1.42. The summed E-state index contributed by atoms with van der Waals surface area (Å²) in [6, 6.07) is 9.97. The van der Waals surface area contributed by atoms with Gasteiger partial charge < -0.3 is 10.0 Å². The van der Waals surface area contributed by atoms with Crippen LogP contribution < -0.4 is 0 Å². The molecule has 2 rings (SSSR count). The number of nitrogens with zero attached hydrogens (tertiary/aromatic N) is 1. The fourth-order valence-electron chi connectivity index (χ4n) is 2.17. The lowest BCUT2D eigenvalue weighted by atomic mass is 9.90. The minimum absolute atomic E-state index is 0.336. The molecule has 0 atom stereocenters. The number of carboxylic acid groups (broad SMARTS) is 1. The third-order valence-electron chi connectivity index (χ3n) is 3.19. The lowest BCUT2D eigenvalue weighted by Gasteiger charge is -2.30. The second-order valence-corrected chi connectivity index (χ2v) is 4.71. The van der Waals surface area contributed by atoms with E-state index in [1.165, 1.54) is 4.90 Å². The molecule has 1 aromatic rings. The van der Waals surface area contributed by atoms with Crippen LogP contribution in [0.15, 0.2) is 30.3 Å². The van der Waals surface area contributed by atoms with Crippen LogP contribution in [0.4, 0.5) is 4.79 Å². The lowest BCUT2D eigenvalue weighted by molar-refractivity contribution is 0.131. The largest absolute Gasteiger partial charge is 0.465 e. The minimum atomic E-state index is -0.825. The van der Waals surface area contributed by atoms with Gasteiger partial charge in [-0.2, -0.15) is 0 Å². The van der Waals surface area contributed by atoms with Gasteiger partial charge in [-0.1, -0.05) is 42.5 Å². The number of likely N-dealkylation sites (tertiary alicyclic amines) is 1. The Morgan fingerprint density at radius 1 is 1.24 bits per heavy atom. The molecule has 0 unspecified atom stereocenters. The number of amides is 1. The van der Waals surface area contributed by atoms with Crippen LogP contribution in [0, 0.1) is 5.92 Å². The first-order valence-electron chi connectivity index (χ1n) is 5.75. The molecule has 1 saturated heterocycles. The molecule has 90 valence electrons. The van der Waals surface area contributed by atoms with E-state index in [9.17, 15) is 4.79 Å². The van der Waals surface area contributed by atoms with E-state index in [4.69, 9.17) is 17.3 Å². The van der Waals surface area contributed by atoms with Crippen molar-refractivity contribution in [1.82, 2.24) is 4.90 Å². The Morgan fingerprint density at radius 3 is 2.35 bits per heavy atom. The van der Waals surface area contributed by atoms with E-state index in [1.807, 2.05) is 30.3 Å². The summed E-state index contributed by atoms with van der Waals surface area (Å²) < 4.78 is 0. The summed E-state index contributed by atoms with van der Waals surface area (Å²) in [5, 5.41) is 8.87. The number of hydrogen-bond donors (Lipinski definition) is 1. The average molecular weight is 249 g/mol. The van der Waals surface area contributed by atoms with Crippen molar-refractivity contribution in [2.75, 3.05) is 13.1 Å². The smallest absolute Gasteiger partial charge is 0.407 e. The second kappa shape index (κ2) is 5.27. The van der Waals surface area contributed by atoms with Gasteiger partial charge in [0.05, 0.1) is 0 Å². The quantitative estimate of drug-likeness (QED) is 0.647. The van der Waals surface area contributed by atoms with Crippen molar-refractivity contribution in [2.45, 2.75) is 12.8 Å². The number of piperidine rings is 1. The Kier molecular flexibility index (Phi) is 3.74. The minimum Gasteiger partial charge on any atom is -0.465 e. The Bertz CT molecular complexity index is 411. The van der Waals surface area contributed by atoms with E-state index >= 15 is 0 Å². The van der Waals surface area contributed by atoms with E-state index in [0.29, 0.717) is 19.0 Å². The normalized spacial score (nSPS) is 16.8. The zero-order chi connectivity index (χ0) is 12.3. The van der Waals surface area contributed by atoms with E-state index in [2.05, 4.69) is 0 Å². The molecule has 0 bridgehead atoms. The molecule has 17 heavy (non-hydrogen) atoms. The van der Waals surface area contributed by atoms with Gasteiger partial charge >= 0.3 is 6.09 Å². The van der Waals surface area contributed by atoms with E-state index in [-0.39, 0.29) is 0 Å². The highest BCUT2D eigenvalue weighted by Crippen LogP contribution is 2.22. The van der Waals surface area contributed by atoms with Crippen LogP contribution in [-0.4, -0.2) is 34.1 Å². The zero-order valence-corrected chi connectivity index (χ0v) is 10.3. The molecule has 1 heterocycles. The van der Waals surface area contributed by atoms with Gasteiger partial charge in [-0.3, -0.25) is 0 Å². The molecule has 1 aliphatic heterocycles. The highest BCUT2D eigenvalue weighted by Gasteiger charge is 2.25. The van der Waals surface area contributed by atoms with Crippen molar-refractivity contribution >= 4 is 23.2 Å². The summed E-state index contributed by atoms with van der Waals surface area (Å²) in [6.45, 7) is 1.18. The molecule has 1 aromatic carbocycles. The Balaban J connectivity index is 1.98. The maximum absolute atomic E-state index is 10.8. The van der Waals surface area contributed by atoms with E-state index < -0.39 is 6.09 Å². The number of carbonyl (C=O) groups is 1. The van der Waals surface area contributed by atoms with Crippen molar-refractivity contribution in [3.63, 3.8) is 0 Å². The molecule has 4 heteroatoms. The molecule has 1 fully saturated rings. The molecule has 3 nitrogen and oxygen atoms in total. The third-order valence-corrected chi connectivity index (χ3v) is 3.76. The highest BCUT2D eigenvalue weighted by atomic mass is 32.1. The maximum Gasteiger partial charge on any atom is 0.407 e. The maximum atomic E-state index is 10.8. The van der Waals surface area contributed by atoms with Crippen LogP contribution in [0.25, 0.3) is 0 Å². The summed E-state index contributed by atoms with van der Waals surface area (Å²) in [6.07, 6.45) is 0.842. The standard InChI is InChI=1S/C13H15NO2S/c15-13(16)14-8-6-11(7-9-14)12(17)10-4-2-1-3-5-10/h1-5,11H,6-9H2,(H,15,16). The molecular formula is C13H15NO2S. The molecule has 0 radical (unpaired) electrons. The highest BCUT2D eigenvalue weighted by molar-refractivity contribution is 7.80. The van der Waals surface area contributed by atoms with Crippen LogP contribution >= 0.6 is 12.2 Å². The van der Waals surface area contributed by atoms with Gasteiger partial charge in [0.25, 0.3) is 0 Å². The van der Waals surface area contributed by atoms with Crippen LogP contribution in [0.2, 0.25) is 0 Å². The van der Waals surface area contributed by atoms with Crippen LogP contribution in [-0.2, 0) is 0 Å². The van der Waals surface area contributed by atoms with Gasteiger partial charge in [-0.25, -0.2) is 4.79 Å². The number of rotatable bonds is 2. The molecule has 0 spiro atoms. The van der Waals surface area contributed by atoms with Gasteiger partial charge in [-0.15, -0.1) is 0 Å². The molecule has 0 aromatic heterocycles. The van der Waals surface area contributed by atoms with Crippen molar-refractivity contribution in [3.05, 3.63) is 35.9 Å².